The fraction of sp³-hybridized carbons (Fsp3) is 0.308. The molecule has 4 rings (SSSR count). The minimum absolute atomic E-state index is 0.288. The summed E-state index contributed by atoms with van der Waals surface area (Å²) in [4.78, 5) is 29.6. The maximum Gasteiger partial charge on any atom is 0.410 e. The number of piperidine rings is 1. The zero-order valence-corrected chi connectivity index (χ0v) is 18.8. The number of aromatic amines is 1. The smallest absolute Gasteiger partial charge is 0.410 e. The van der Waals surface area contributed by atoms with Crippen LogP contribution in [0.3, 0.4) is 0 Å². The van der Waals surface area contributed by atoms with Crippen molar-refractivity contribution in [2.45, 2.75) is 39.2 Å². The Bertz CT molecular complexity index is 1190. The van der Waals surface area contributed by atoms with Gasteiger partial charge in [0.05, 0.1) is 11.1 Å². The number of benzene rings is 2. The van der Waals surface area contributed by atoms with Gasteiger partial charge in [0.15, 0.2) is 0 Å². The molecule has 1 aromatic heterocycles. The molecule has 3 aromatic rings. The molecular weight excluding hydrogens is 402 g/mol. The van der Waals surface area contributed by atoms with E-state index >= 15 is 0 Å². The Morgan fingerprint density at radius 1 is 1.12 bits per heavy atom. The lowest BCUT2D eigenvalue weighted by molar-refractivity contribution is 0.0247. The number of carbonyl (C=O) groups excluding carboxylic acids is 2. The van der Waals surface area contributed by atoms with Crippen molar-refractivity contribution in [1.82, 2.24) is 9.88 Å². The molecule has 1 fully saturated rings. The number of carbonyl (C=O) groups is 2. The fourth-order valence-electron chi connectivity index (χ4n) is 4.08. The molecule has 1 aliphatic heterocycles. The summed E-state index contributed by atoms with van der Waals surface area (Å²) in [5, 5.41) is 0.932. The van der Waals surface area contributed by atoms with Crippen LogP contribution in [0.25, 0.3) is 28.1 Å². The minimum atomic E-state index is -0.520. The van der Waals surface area contributed by atoms with Gasteiger partial charge in [0.2, 0.25) is 0 Å². The number of nitrogens with two attached hydrogens (primary N) is 1. The van der Waals surface area contributed by atoms with E-state index in [1.807, 2.05) is 63.4 Å². The van der Waals surface area contributed by atoms with Gasteiger partial charge >= 0.3 is 6.09 Å². The molecule has 2 amide bonds. The average Bonchev–Trinajstić information content (AvgIpc) is 3.15. The van der Waals surface area contributed by atoms with E-state index in [0.29, 0.717) is 18.7 Å². The molecule has 3 N–H and O–H groups in total. The minimum Gasteiger partial charge on any atom is -0.444 e. The van der Waals surface area contributed by atoms with Crippen LogP contribution < -0.4 is 5.73 Å². The zero-order chi connectivity index (χ0) is 22.9. The molecule has 0 unspecified atom stereocenters. The first kappa shape index (κ1) is 21.7. The van der Waals surface area contributed by atoms with E-state index < -0.39 is 11.5 Å². The number of likely N-dealkylation sites (tertiary alicyclic amines) is 1. The van der Waals surface area contributed by atoms with Crippen LogP contribution >= 0.6 is 0 Å². The number of hydrogen-bond acceptors (Lipinski definition) is 3. The summed E-state index contributed by atoms with van der Waals surface area (Å²) in [5.41, 5.74) is 10.4. The molecule has 166 valence electrons. The first-order valence-electron chi connectivity index (χ1n) is 10.9. The Labute approximate surface area is 188 Å². The SMILES string of the molecule is CC(C)(C)OC(=O)N1CCC/C(=C/c2c[nH]c3c(C(N)=O)cc(-c4ccccc4)cc23)C1. The molecular formula is C26H29N3O3. The molecule has 0 spiro atoms. The summed E-state index contributed by atoms with van der Waals surface area (Å²) >= 11 is 0. The summed E-state index contributed by atoms with van der Waals surface area (Å²) in [5.74, 6) is -0.470. The predicted molar refractivity (Wildman–Crippen MR) is 127 cm³/mol. The number of rotatable bonds is 3. The molecule has 2 aromatic carbocycles. The third kappa shape index (κ3) is 4.69. The Morgan fingerprint density at radius 2 is 1.88 bits per heavy atom. The molecule has 2 heterocycles. The summed E-state index contributed by atoms with van der Waals surface area (Å²) in [6, 6.07) is 13.8. The van der Waals surface area contributed by atoms with Gasteiger partial charge in [0.1, 0.15) is 5.60 Å². The summed E-state index contributed by atoms with van der Waals surface area (Å²) < 4.78 is 5.54. The first-order valence-corrected chi connectivity index (χ1v) is 10.9. The lowest BCUT2D eigenvalue weighted by Crippen LogP contribution is -2.40. The number of amides is 2. The van der Waals surface area contributed by atoms with Crippen molar-refractivity contribution in [1.29, 1.82) is 0 Å². The highest BCUT2D eigenvalue weighted by atomic mass is 16.6. The Balaban J connectivity index is 1.70. The number of H-pyrrole nitrogens is 1. The fourth-order valence-corrected chi connectivity index (χ4v) is 4.08. The van der Waals surface area contributed by atoms with E-state index in [2.05, 4.69) is 17.1 Å². The van der Waals surface area contributed by atoms with Gasteiger partial charge in [-0.05, 0) is 62.4 Å². The molecule has 32 heavy (non-hydrogen) atoms. The summed E-state index contributed by atoms with van der Waals surface area (Å²) in [6.07, 6.45) is 5.51. The molecule has 1 saturated heterocycles. The monoisotopic (exact) mass is 431 g/mol. The third-order valence-electron chi connectivity index (χ3n) is 5.53. The van der Waals surface area contributed by atoms with Crippen LogP contribution in [0.4, 0.5) is 4.79 Å². The standard InChI is InChI=1S/C26H29N3O3/c1-26(2,3)32-25(31)29-11-7-8-17(16-29)12-20-15-28-23-21(20)13-19(14-22(23)24(27)30)18-9-5-4-6-10-18/h4-6,9-10,12-15,28H,7-8,11,16H2,1-3H3,(H2,27,30)/b17-12-. The number of aromatic nitrogens is 1. The Kier molecular flexibility index (Phi) is 5.78. The zero-order valence-electron chi connectivity index (χ0n) is 18.8. The van der Waals surface area contributed by atoms with Crippen molar-refractivity contribution in [3.63, 3.8) is 0 Å². The number of primary amides is 1. The van der Waals surface area contributed by atoms with E-state index in [1.54, 1.807) is 4.90 Å². The topological polar surface area (TPSA) is 88.4 Å². The highest BCUT2D eigenvalue weighted by Crippen LogP contribution is 2.31. The van der Waals surface area contributed by atoms with Gasteiger partial charge in [-0.2, -0.15) is 0 Å². The highest BCUT2D eigenvalue weighted by Gasteiger charge is 2.25. The number of ether oxygens (including phenoxy) is 1. The summed E-state index contributed by atoms with van der Waals surface area (Å²) in [6.45, 7) is 6.83. The van der Waals surface area contributed by atoms with Crippen molar-refractivity contribution >= 4 is 29.0 Å². The second-order valence-corrected chi connectivity index (χ2v) is 9.23. The molecule has 0 atom stereocenters. The molecule has 6 heteroatoms. The van der Waals surface area contributed by atoms with E-state index in [1.165, 1.54) is 0 Å². The Morgan fingerprint density at radius 3 is 2.56 bits per heavy atom. The third-order valence-corrected chi connectivity index (χ3v) is 5.53. The van der Waals surface area contributed by atoms with E-state index in [4.69, 9.17) is 10.5 Å². The van der Waals surface area contributed by atoms with Gasteiger partial charge in [0.25, 0.3) is 5.91 Å². The van der Waals surface area contributed by atoms with Crippen LogP contribution in [0.15, 0.2) is 54.2 Å². The highest BCUT2D eigenvalue weighted by molar-refractivity contribution is 6.08. The molecule has 6 nitrogen and oxygen atoms in total. The lowest BCUT2D eigenvalue weighted by Gasteiger charge is -2.31. The molecule has 0 bridgehead atoms. The first-order chi connectivity index (χ1) is 15.2. The van der Waals surface area contributed by atoms with E-state index in [-0.39, 0.29) is 6.09 Å². The molecule has 0 radical (unpaired) electrons. The average molecular weight is 432 g/mol. The van der Waals surface area contributed by atoms with Crippen molar-refractivity contribution in [2.75, 3.05) is 13.1 Å². The molecule has 1 aliphatic rings. The molecule has 0 aliphatic carbocycles. The van der Waals surface area contributed by atoms with Crippen LogP contribution in [0, 0.1) is 0 Å². The van der Waals surface area contributed by atoms with Gasteiger partial charge in [-0.15, -0.1) is 0 Å². The maximum atomic E-state index is 12.5. The van der Waals surface area contributed by atoms with Crippen molar-refractivity contribution in [3.8, 4) is 11.1 Å². The number of hydrogen-bond donors (Lipinski definition) is 2. The van der Waals surface area contributed by atoms with Crippen LogP contribution in [0.1, 0.15) is 49.5 Å². The van der Waals surface area contributed by atoms with Crippen molar-refractivity contribution < 1.29 is 14.3 Å². The second-order valence-electron chi connectivity index (χ2n) is 9.23. The largest absolute Gasteiger partial charge is 0.444 e. The predicted octanol–water partition coefficient (Wildman–Crippen LogP) is 5.35. The van der Waals surface area contributed by atoms with Gasteiger partial charge in [-0.3, -0.25) is 4.79 Å². The Hall–Kier alpha value is -3.54. The quantitative estimate of drug-likeness (QED) is 0.586. The second kappa shape index (κ2) is 8.54. The van der Waals surface area contributed by atoms with Gasteiger partial charge in [-0.1, -0.05) is 42.0 Å². The van der Waals surface area contributed by atoms with Gasteiger partial charge in [0, 0.05) is 24.7 Å². The van der Waals surface area contributed by atoms with Crippen molar-refractivity contribution in [3.05, 3.63) is 65.4 Å². The number of nitrogens with one attached hydrogen (secondary N) is 1. The van der Waals surface area contributed by atoms with Gasteiger partial charge in [-0.25, -0.2) is 4.79 Å². The van der Waals surface area contributed by atoms with E-state index in [0.717, 1.165) is 46.0 Å². The maximum absolute atomic E-state index is 12.5. The van der Waals surface area contributed by atoms with E-state index in [9.17, 15) is 9.59 Å². The normalized spacial score (nSPS) is 15.8. The number of fused-ring (bicyclic) bond motifs is 1. The summed E-state index contributed by atoms with van der Waals surface area (Å²) in [7, 11) is 0. The van der Waals surface area contributed by atoms with Crippen LogP contribution in [0.2, 0.25) is 0 Å². The van der Waals surface area contributed by atoms with Crippen LogP contribution in [0.5, 0.6) is 0 Å². The lowest BCUT2D eigenvalue weighted by atomic mass is 9.97. The van der Waals surface area contributed by atoms with Crippen LogP contribution in [-0.4, -0.2) is 40.6 Å². The van der Waals surface area contributed by atoms with Crippen molar-refractivity contribution in [2.24, 2.45) is 5.73 Å². The van der Waals surface area contributed by atoms with Gasteiger partial charge < -0.3 is 20.4 Å². The van der Waals surface area contributed by atoms with Crippen LogP contribution in [-0.2, 0) is 4.74 Å². The molecule has 0 saturated carbocycles. The number of nitrogens with zero attached hydrogens (tertiary/aromatic N) is 1.